The number of ether oxygens (including phenoxy) is 1. The molecule has 1 aliphatic rings. The van der Waals surface area contributed by atoms with Crippen LogP contribution in [0.2, 0.25) is 0 Å². The third-order valence-corrected chi connectivity index (χ3v) is 3.60. The van der Waals surface area contributed by atoms with Crippen molar-refractivity contribution >= 4 is 0 Å². The van der Waals surface area contributed by atoms with Crippen molar-refractivity contribution < 1.29 is 4.74 Å². The smallest absolute Gasteiger partial charge is 0.256 e. The highest BCUT2D eigenvalue weighted by Gasteiger charge is 2.24. The van der Waals surface area contributed by atoms with Crippen molar-refractivity contribution in [2.24, 2.45) is 11.8 Å². The second-order valence-electron chi connectivity index (χ2n) is 5.69. The Morgan fingerprint density at radius 2 is 1.89 bits per heavy atom. The number of aromatic nitrogens is 2. The van der Waals surface area contributed by atoms with E-state index in [9.17, 15) is 4.79 Å². The molecule has 0 amide bonds. The molecule has 0 saturated carbocycles. The zero-order valence-corrected chi connectivity index (χ0v) is 11.6. The predicted molar refractivity (Wildman–Crippen MR) is 70.6 cm³/mol. The summed E-state index contributed by atoms with van der Waals surface area (Å²) in [4.78, 5) is 19.7. The molecule has 4 nitrogen and oxygen atoms in total. The molecule has 1 aromatic heterocycles. The minimum Gasteiger partial charge on any atom is -0.376 e. The molecule has 100 valence electrons. The maximum absolute atomic E-state index is 12.1. The maximum atomic E-state index is 12.1. The molecular formula is C14H22N2O2. The van der Waals surface area contributed by atoms with Gasteiger partial charge in [-0.1, -0.05) is 27.7 Å². The van der Waals surface area contributed by atoms with Gasteiger partial charge in [0.25, 0.3) is 5.56 Å². The van der Waals surface area contributed by atoms with E-state index < -0.39 is 0 Å². The summed E-state index contributed by atoms with van der Waals surface area (Å²) in [5.74, 6) is 2.06. The fourth-order valence-corrected chi connectivity index (χ4v) is 2.82. The number of H-pyrrole nitrogens is 1. The highest BCUT2D eigenvalue weighted by Crippen LogP contribution is 2.29. The van der Waals surface area contributed by atoms with E-state index in [1.165, 1.54) is 0 Å². The van der Waals surface area contributed by atoms with Gasteiger partial charge in [0.15, 0.2) is 0 Å². The lowest BCUT2D eigenvalue weighted by molar-refractivity contribution is 0.107. The van der Waals surface area contributed by atoms with E-state index in [0.29, 0.717) is 36.5 Å². The lowest BCUT2D eigenvalue weighted by atomic mass is 9.84. The zero-order chi connectivity index (χ0) is 13.3. The third kappa shape index (κ3) is 2.48. The van der Waals surface area contributed by atoms with Crippen molar-refractivity contribution in [3.63, 3.8) is 0 Å². The summed E-state index contributed by atoms with van der Waals surface area (Å²) in [6, 6.07) is 0. The molecule has 0 fully saturated rings. The molecule has 0 atom stereocenters. The number of rotatable bonds is 3. The van der Waals surface area contributed by atoms with Gasteiger partial charge >= 0.3 is 0 Å². The van der Waals surface area contributed by atoms with Crippen LogP contribution < -0.4 is 5.56 Å². The van der Waals surface area contributed by atoms with Crippen molar-refractivity contribution in [3.8, 4) is 0 Å². The second kappa shape index (κ2) is 5.22. The average molecular weight is 250 g/mol. The summed E-state index contributed by atoms with van der Waals surface area (Å²) < 4.78 is 5.31. The summed E-state index contributed by atoms with van der Waals surface area (Å²) >= 11 is 0. The normalized spacial score (nSPS) is 15.5. The Labute approximate surface area is 108 Å². The van der Waals surface area contributed by atoms with Crippen LogP contribution in [0, 0.1) is 11.8 Å². The van der Waals surface area contributed by atoms with Crippen LogP contribution in [0.15, 0.2) is 4.79 Å². The van der Waals surface area contributed by atoms with Crippen molar-refractivity contribution in [1.29, 1.82) is 0 Å². The van der Waals surface area contributed by atoms with Gasteiger partial charge in [-0.2, -0.15) is 0 Å². The van der Waals surface area contributed by atoms with E-state index in [1.54, 1.807) is 0 Å². The third-order valence-electron chi connectivity index (χ3n) is 3.60. The highest BCUT2D eigenvalue weighted by molar-refractivity contribution is 5.20. The first-order chi connectivity index (χ1) is 8.50. The molecule has 0 bridgehead atoms. The Kier molecular flexibility index (Phi) is 3.85. The molecule has 2 rings (SSSR count). The number of hydrogen-bond acceptors (Lipinski definition) is 3. The van der Waals surface area contributed by atoms with Gasteiger partial charge in [-0.05, 0) is 11.8 Å². The quantitative estimate of drug-likeness (QED) is 0.895. The first-order valence-electron chi connectivity index (χ1n) is 6.70. The minimum absolute atomic E-state index is 0.0269. The SMILES string of the molecule is CC(C)C(c1nc2c(c(=O)[nH]1)COCC2)C(C)C. The molecule has 0 unspecified atom stereocenters. The van der Waals surface area contributed by atoms with E-state index in [2.05, 4.69) is 37.7 Å². The molecule has 2 heterocycles. The van der Waals surface area contributed by atoms with Crippen molar-refractivity contribution in [2.75, 3.05) is 6.61 Å². The molecule has 0 saturated heterocycles. The lowest BCUT2D eigenvalue weighted by Gasteiger charge is -2.25. The minimum atomic E-state index is -0.0269. The summed E-state index contributed by atoms with van der Waals surface area (Å²) in [7, 11) is 0. The van der Waals surface area contributed by atoms with E-state index in [1.807, 2.05) is 0 Å². The van der Waals surface area contributed by atoms with E-state index in [4.69, 9.17) is 4.74 Å². The van der Waals surface area contributed by atoms with Crippen molar-refractivity contribution in [3.05, 3.63) is 27.4 Å². The fourth-order valence-electron chi connectivity index (χ4n) is 2.82. The molecule has 0 radical (unpaired) electrons. The van der Waals surface area contributed by atoms with Crippen LogP contribution in [0.25, 0.3) is 0 Å². The summed E-state index contributed by atoms with van der Waals surface area (Å²) in [6.07, 6.45) is 0.745. The van der Waals surface area contributed by atoms with E-state index in [-0.39, 0.29) is 5.56 Å². The van der Waals surface area contributed by atoms with Crippen LogP contribution in [0.4, 0.5) is 0 Å². The number of nitrogens with zero attached hydrogens (tertiary/aromatic N) is 1. The van der Waals surface area contributed by atoms with Gasteiger partial charge in [0, 0.05) is 12.3 Å². The number of hydrogen-bond donors (Lipinski definition) is 1. The van der Waals surface area contributed by atoms with Gasteiger partial charge in [-0.3, -0.25) is 4.79 Å². The van der Waals surface area contributed by atoms with Crippen LogP contribution in [0.3, 0.4) is 0 Å². The van der Waals surface area contributed by atoms with Crippen LogP contribution in [-0.2, 0) is 17.8 Å². The molecule has 0 spiro atoms. The molecule has 0 aliphatic carbocycles. The van der Waals surface area contributed by atoms with Gasteiger partial charge < -0.3 is 9.72 Å². The van der Waals surface area contributed by atoms with Gasteiger partial charge in [0.05, 0.1) is 24.5 Å². The molecule has 1 aliphatic heterocycles. The van der Waals surface area contributed by atoms with Crippen molar-refractivity contribution in [1.82, 2.24) is 9.97 Å². The van der Waals surface area contributed by atoms with Crippen molar-refractivity contribution in [2.45, 2.75) is 46.6 Å². The van der Waals surface area contributed by atoms with Crippen LogP contribution in [0.5, 0.6) is 0 Å². The standard InChI is InChI=1S/C14H22N2O2/c1-8(2)12(9(3)4)13-15-11-5-6-18-7-10(11)14(17)16-13/h8-9,12H,5-7H2,1-4H3,(H,15,16,17). The number of aromatic amines is 1. The van der Waals surface area contributed by atoms with Crippen LogP contribution in [-0.4, -0.2) is 16.6 Å². The summed E-state index contributed by atoms with van der Waals surface area (Å²) in [5.41, 5.74) is 1.60. The molecule has 0 aromatic carbocycles. The average Bonchev–Trinajstić information content (AvgIpc) is 2.28. The van der Waals surface area contributed by atoms with E-state index >= 15 is 0 Å². The first kappa shape index (κ1) is 13.3. The molecule has 18 heavy (non-hydrogen) atoms. The largest absolute Gasteiger partial charge is 0.376 e. The summed E-state index contributed by atoms with van der Waals surface area (Å²) in [6.45, 7) is 9.75. The second-order valence-corrected chi connectivity index (χ2v) is 5.69. The number of nitrogens with one attached hydrogen (secondary N) is 1. The Morgan fingerprint density at radius 3 is 2.50 bits per heavy atom. The van der Waals surface area contributed by atoms with Crippen LogP contribution in [0.1, 0.15) is 50.7 Å². The first-order valence-corrected chi connectivity index (χ1v) is 6.70. The Morgan fingerprint density at radius 1 is 1.22 bits per heavy atom. The van der Waals surface area contributed by atoms with Gasteiger partial charge in [-0.25, -0.2) is 4.98 Å². The van der Waals surface area contributed by atoms with E-state index in [0.717, 1.165) is 17.9 Å². The fraction of sp³-hybridized carbons (Fsp3) is 0.714. The molecule has 4 heteroatoms. The highest BCUT2D eigenvalue weighted by atomic mass is 16.5. The Balaban J connectivity index is 2.45. The zero-order valence-electron chi connectivity index (χ0n) is 11.6. The van der Waals surface area contributed by atoms with Gasteiger partial charge in [0.2, 0.25) is 0 Å². The summed E-state index contributed by atoms with van der Waals surface area (Å²) in [5, 5.41) is 0. The monoisotopic (exact) mass is 250 g/mol. The van der Waals surface area contributed by atoms with Gasteiger partial charge in [0.1, 0.15) is 5.82 Å². The number of fused-ring (bicyclic) bond motifs is 1. The van der Waals surface area contributed by atoms with Crippen LogP contribution >= 0.6 is 0 Å². The maximum Gasteiger partial charge on any atom is 0.256 e. The molecular weight excluding hydrogens is 228 g/mol. The topological polar surface area (TPSA) is 55.0 Å². The Bertz CT molecular complexity index is 469. The molecule has 1 N–H and O–H groups in total. The lowest BCUT2D eigenvalue weighted by Crippen LogP contribution is -2.28. The predicted octanol–water partition coefficient (Wildman–Crippen LogP) is 2.24. The molecule has 1 aromatic rings. The Hall–Kier alpha value is -1.16. The van der Waals surface area contributed by atoms with Gasteiger partial charge in [-0.15, -0.1) is 0 Å².